The average molecular weight is 309 g/mol. The molecule has 1 heterocycles. The van der Waals surface area contributed by atoms with E-state index in [-0.39, 0.29) is 0 Å². The summed E-state index contributed by atoms with van der Waals surface area (Å²) in [5, 5.41) is 3.40. The zero-order valence-electron chi connectivity index (χ0n) is 12.5. The highest BCUT2D eigenvalue weighted by molar-refractivity contribution is 7.98. The monoisotopic (exact) mass is 309 g/mol. The number of hydrogen-bond acceptors (Lipinski definition) is 5. The molecule has 1 aliphatic rings. The van der Waals surface area contributed by atoms with Gasteiger partial charge in [-0.3, -0.25) is 0 Å². The molecule has 4 nitrogen and oxygen atoms in total. The molecule has 1 aromatic carbocycles. The first-order valence-electron chi connectivity index (χ1n) is 7.21. The molecule has 0 aromatic heterocycles. The summed E-state index contributed by atoms with van der Waals surface area (Å²) in [6, 6.07) is 4.14. The molecule has 1 aromatic rings. The minimum Gasteiger partial charge on any atom is -0.486 e. The van der Waals surface area contributed by atoms with E-state index in [0.717, 1.165) is 37.6 Å². The Balaban J connectivity index is 1.83. The Morgan fingerprint density at radius 3 is 2.76 bits per heavy atom. The molecule has 0 aliphatic carbocycles. The topological polar surface area (TPSA) is 39.7 Å². The van der Waals surface area contributed by atoms with Gasteiger partial charge in [0.2, 0.25) is 0 Å². The molecule has 0 bridgehead atoms. The van der Waals surface area contributed by atoms with Crippen LogP contribution in [0.3, 0.4) is 0 Å². The van der Waals surface area contributed by atoms with Gasteiger partial charge in [0.05, 0.1) is 13.2 Å². The Morgan fingerprint density at radius 2 is 2.05 bits per heavy atom. The summed E-state index contributed by atoms with van der Waals surface area (Å²) in [6.45, 7) is 8.01. The van der Waals surface area contributed by atoms with Gasteiger partial charge in [-0.15, -0.1) is 18.3 Å². The Bertz CT molecular complexity index is 465. The molecule has 1 aliphatic heterocycles. The molecule has 0 saturated heterocycles. The van der Waals surface area contributed by atoms with Crippen LogP contribution in [0.5, 0.6) is 11.5 Å². The fourth-order valence-corrected chi connectivity index (χ4v) is 2.69. The van der Waals surface area contributed by atoms with E-state index in [0.29, 0.717) is 19.8 Å². The van der Waals surface area contributed by atoms with E-state index in [9.17, 15) is 0 Å². The molecule has 0 fully saturated rings. The van der Waals surface area contributed by atoms with Gasteiger partial charge in [0, 0.05) is 18.0 Å². The Kier molecular flexibility index (Phi) is 6.92. The van der Waals surface area contributed by atoms with Gasteiger partial charge in [0.15, 0.2) is 11.5 Å². The van der Waals surface area contributed by atoms with Crippen molar-refractivity contribution < 1.29 is 14.2 Å². The summed E-state index contributed by atoms with van der Waals surface area (Å²) in [4.78, 5) is 1.22. The van der Waals surface area contributed by atoms with Crippen LogP contribution in [0.25, 0.3) is 0 Å². The van der Waals surface area contributed by atoms with E-state index in [1.165, 1.54) is 10.5 Å². The van der Waals surface area contributed by atoms with Crippen molar-refractivity contribution in [1.82, 2.24) is 5.32 Å². The summed E-state index contributed by atoms with van der Waals surface area (Å²) in [7, 11) is 0. The largest absolute Gasteiger partial charge is 0.486 e. The van der Waals surface area contributed by atoms with E-state index in [2.05, 4.69) is 30.3 Å². The van der Waals surface area contributed by atoms with Crippen molar-refractivity contribution in [1.29, 1.82) is 0 Å². The van der Waals surface area contributed by atoms with Crippen LogP contribution in [0.2, 0.25) is 0 Å². The van der Waals surface area contributed by atoms with Crippen molar-refractivity contribution in [3.8, 4) is 11.5 Å². The minimum atomic E-state index is 0.621. The lowest BCUT2D eigenvalue weighted by molar-refractivity contribution is 0.140. The maximum Gasteiger partial charge on any atom is 0.162 e. The van der Waals surface area contributed by atoms with E-state index in [1.807, 2.05) is 6.08 Å². The lowest BCUT2D eigenvalue weighted by Gasteiger charge is -2.21. The molecular weight excluding hydrogens is 286 g/mol. The fourth-order valence-electron chi connectivity index (χ4n) is 2.08. The molecule has 0 amide bonds. The first-order valence-corrected chi connectivity index (χ1v) is 8.43. The highest BCUT2D eigenvalue weighted by atomic mass is 32.2. The summed E-state index contributed by atoms with van der Waals surface area (Å²) in [5.74, 6) is 1.69. The van der Waals surface area contributed by atoms with Crippen LogP contribution in [-0.2, 0) is 11.3 Å². The van der Waals surface area contributed by atoms with Gasteiger partial charge in [0.1, 0.15) is 13.2 Å². The van der Waals surface area contributed by atoms with Crippen molar-refractivity contribution in [2.75, 3.05) is 39.2 Å². The number of benzene rings is 1. The summed E-state index contributed by atoms with van der Waals surface area (Å²) >= 11 is 1.73. The number of hydrogen-bond donors (Lipinski definition) is 1. The van der Waals surface area contributed by atoms with E-state index < -0.39 is 0 Å². The normalized spacial score (nSPS) is 13.2. The lowest BCUT2D eigenvalue weighted by atomic mass is 10.2. The van der Waals surface area contributed by atoms with Crippen LogP contribution >= 0.6 is 11.8 Å². The van der Waals surface area contributed by atoms with Gasteiger partial charge in [-0.05, 0) is 30.4 Å². The van der Waals surface area contributed by atoms with Crippen LogP contribution in [-0.4, -0.2) is 39.2 Å². The van der Waals surface area contributed by atoms with E-state index in [4.69, 9.17) is 14.2 Å². The molecule has 0 radical (unpaired) electrons. The second-order valence-electron chi connectivity index (χ2n) is 4.67. The number of rotatable bonds is 9. The van der Waals surface area contributed by atoms with Gasteiger partial charge in [0.25, 0.3) is 0 Å². The van der Waals surface area contributed by atoms with E-state index >= 15 is 0 Å². The third kappa shape index (κ3) is 4.95. The van der Waals surface area contributed by atoms with Gasteiger partial charge in [-0.2, -0.15) is 0 Å². The Morgan fingerprint density at radius 1 is 1.29 bits per heavy atom. The predicted molar refractivity (Wildman–Crippen MR) is 86.6 cm³/mol. The third-order valence-electron chi connectivity index (χ3n) is 3.15. The smallest absolute Gasteiger partial charge is 0.162 e. The zero-order valence-corrected chi connectivity index (χ0v) is 13.3. The van der Waals surface area contributed by atoms with Crippen molar-refractivity contribution in [2.45, 2.75) is 17.9 Å². The molecule has 5 heteroatoms. The molecular formula is C16H23NO3S. The molecule has 0 saturated carbocycles. The van der Waals surface area contributed by atoms with Crippen LogP contribution in [0.1, 0.15) is 12.0 Å². The van der Waals surface area contributed by atoms with Gasteiger partial charge in [-0.1, -0.05) is 6.08 Å². The summed E-state index contributed by atoms with van der Waals surface area (Å²) in [6.07, 6.45) is 4.85. The molecule has 0 unspecified atom stereocenters. The average Bonchev–Trinajstić information content (AvgIpc) is 2.53. The van der Waals surface area contributed by atoms with Crippen molar-refractivity contribution >= 4 is 11.8 Å². The highest BCUT2D eigenvalue weighted by Gasteiger charge is 2.15. The number of nitrogens with one attached hydrogen (secondary N) is 1. The Labute approximate surface area is 130 Å². The zero-order chi connectivity index (χ0) is 14.9. The fraction of sp³-hybridized carbons (Fsp3) is 0.500. The minimum absolute atomic E-state index is 0.621. The maximum atomic E-state index is 5.64. The van der Waals surface area contributed by atoms with Crippen LogP contribution in [0.15, 0.2) is 29.7 Å². The lowest BCUT2D eigenvalue weighted by Crippen LogP contribution is -2.20. The standard InChI is InChI=1S/C16H23NO3S/c1-3-4-6-18-7-5-17-12-13-10-14-15(11-16(13)21-2)20-9-8-19-14/h3,10-11,17H,1,4-9,12H2,2H3. The van der Waals surface area contributed by atoms with Crippen molar-refractivity contribution in [3.63, 3.8) is 0 Å². The highest BCUT2D eigenvalue weighted by Crippen LogP contribution is 2.36. The van der Waals surface area contributed by atoms with Crippen molar-refractivity contribution in [3.05, 3.63) is 30.4 Å². The van der Waals surface area contributed by atoms with Crippen molar-refractivity contribution in [2.24, 2.45) is 0 Å². The SMILES string of the molecule is C=CCCOCCNCc1cc2c(cc1SC)OCCO2. The molecule has 0 spiro atoms. The first-order chi connectivity index (χ1) is 10.3. The molecule has 1 N–H and O–H groups in total. The Hall–Kier alpha value is -1.17. The van der Waals surface area contributed by atoms with Crippen LogP contribution < -0.4 is 14.8 Å². The number of ether oxygens (including phenoxy) is 3. The van der Waals surface area contributed by atoms with Gasteiger partial charge in [-0.25, -0.2) is 0 Å². The molecule has 2 rings (SSSR count). The summed E-state index contributed by atoms with van der Waals surface area (Å²) in [5.41, 5.74) is 1.23. The van der Waals surface area contributed by atoms with Gasteiger partial charge < -0.3 is 19.5 Å². The number of thioether (sulfide) groups is 1. The second-order valence-corrected chi connectivity index (χ2v) is 5.52. The quantitative estimate of drug-likeness (QED) is 0.431. The van der Waals surface area contributed by atoms with Crippen LogP contribution in [0, 0.1) is 0 Å². The third-order valence-corrected chi connectivity index (χ3v) is 3.97. The van der Waals surface area contributed by atoms with Crippen LogP contribution in [0.4, 0.5) is 0 Å². The van der Waals surface area contributed by atoms with Gasteiger partial charge >= 0.3 is 0 Å². The molecule has 0 atom stereocenters. The molecule has 21 heavy (non-hydrogen) atoms. The first kappa shape index (κ1) is 16.2. The molecule has 116 valence electrons. The van der Waals surface area contributed by atoms with E-state index in [1.54, 1.807) is 11.8 Å². The predicted octanol–water partition coefficient (Wildman–Crippen LogP) is 2.86. The summed E-state index contributed by atoms with van der Waals surface area (Å²) < 4.78 is 16.7. The maximum absolute atomic E-state index is 5.64. The second kappa shape index (κ2) is 8.97. The number of fused-ring (bicyclic) bond motifs is 1.